The van der Waals surface area contributed by atoms with Crippen LogP contribution in [0.5, 0.6) is 5.75 Å². The Morgan fingerprint density at radius 3 is 2.59 bits per heavy atom. The topological polar surface area (TPSA) is 114 Å². The molecule has 3 rings (SSSR count). The number of aliphatic hydroxyl groups excluding tert-OH is 2. The summed E-state index contributed by atoms with van der Waals surface area (Å²) in [5.74, 6) is 0.0678. The first-order chi connectivity index (χ1) is 12.9. The summed E-state index contributed by atoms with van der Waals surface area (Å²) < 4.78 is 12.6. The SMILES string of the molecule is CC(C)C(Oc1cn([C@H]2C[C@H](O)[C@@H](CO)O2)c(=O)[nH]c1=O)c1ccccc1. The van der Waals surface area contributed by atoms with Gasteiger partial charge in [-0.3, -0.25) is 14.3 Å². The second-order valence-corrected chi connectivity index (χ2v) is 6.97. The number of nitrogens with zero attached hydrogens (tertiary/aromatic N) is 1. The molecule has 1 aromatic heterocycles. The van der Waals surface area contributed by atoms with Crippen LogP contribution in [0.15, 0.2) is 46.1 Å². The zero-order valence-electron chi connectivity index (χ0n) is 15.2. The summed E-state index contributed by atoms with van der Waals surface area (Å²) >= 11 is 0. The van der Waals surface area contributed by atoms with Gasteiger partial charge in [0.15, 0.2) is 0 Å². The number of hydrogen-bond donors (Lipinski definition) is 3. The minimum atomic E-state index is -0.893. The van der Waals surface area contributed by atoms with Gasteiger partial charge in [-0.05, 0) is 11.5 Å². The Bertz CT molecular complexity index is 876. The van der Waals surface area contributed by atoms with Crippen LogP contribution in [0.4, 0.5) is 0 Å². The molecular formula is C19H24N2O6. The molecule has 2 heterocycles. The van der Waals surface area contributed by atoms with E-state index in [0.717, 1.165) is 5.56 Å². The van der Waals surface area contributed by atoms with E-state index in [-0.39, 0.29) is 30.8 Å². The maximum absolute atomic E-state index is 12.3. The highest BCUT2D eigenvalue weighted by molar-refractivity contribution is 5.21. The third-order valence-corrected chi connectivity index (χ3v) is 4.62. The highest BCUT2D eigenvalue weighted by Crippen LogP contribution is 2.29. The predicted molar refractivity (Wildman–Crippen MR) is 97.6 cm³/mol. The summed E-state index contributed by atoms with van der Waals surface area (Å²) in [5.41, 5.74) is -0.378. The number of aromatic amines is 1. The van der Waals surface area contributed by atoms with Gasteiger partial charge in [-0.15, -0.1) is 0 Å². The zero-order chi connectivity index (χ0) is 19.6. The van der Waals surface area contributed by atoms with Gasteiger partial charge in [-0.25, -0.2) is 4.79 Å². The fourth-order valence-corrected chi connectivity index (χ4v) is 3.18. The molecule has 0 spiro atoms. The number of aliphatic hydroxyl groups is 2. The van der Waals surface area contributed by atoms with E-state index < -0.39 is 29.7 Å². The van der Waals surface area contributed by atoms with Crippen molar-refractivity contribution in [1.82, 2.24) is 9.55 Å². The average Bonchev–Trinajstić information content (AvgIpc) is 3.02. The maximum Gasteiger partial charge on any atom is 0.330 e. The van der Waals surface area contributed by atoms with Crippen molar-refractivity contribution in [3.63, 3.8) is 0 Å². The Morgan fingerprint density at radius 2 is 2.00 bits per heavy atom. The number of nitrogens with one attached hydrogen (secondary N) is 1. The molecule has 3 N–H and O–H groups in total. The molecule has 1 saturated heterocycles. The van der Waals surface area contributed by atoms with Crippen LogP contribution in [0, 0.1) is 5.92 Å². The summed E-state index contributed by atoms with van der Waals surface area (Å²) in [6.07, 6.45) is -1.40. The Morgan fingerprint density at radius 1 is 1.30 bits per heavy atom. The fraction of sp³-hybridized carbons (Fsp3) is 0.474. The van der Waals surface area contributed by atoms with Crippen LogP contribution in [0.1, 0.15) is 38.2 Å². The maximum atomic E-state index is 12.3. The Hall–Kier alpha value is -2.42. The molecule has 0 radical (unpaired) electrons. The molecule has 1 aliphatic rings. The van der Waals surface area contributed by atoms with Crippen molar-refractivity contribution in [3.05, 3.63) is 62.9 Å². The van der Waals surface area contributed by atoms with Gasteiger partial charge in [0.1, 0.15) is 18.4 Å². The van der Waals surface area contributed by atoms with E-state index >= 15 is 0 Å². The van der Waals surface area contributed by atoms with Gasteiger partial charge < -0.3 is 19.7 Å². The smallest absolute Gasteiger partial charge is 0.330 e. The van der Waals surface area contributed by atoms with Gasteiger partial charge in [-0.1, -0.05) is 44.2 Å². The van der Waals surface area contributed by atoms with Crippen molar-refractivity contribution < 1.29 is 19.7 Å². The summed E-state index contributed by atoms with van der Waals surface area (Å²) in [6.45, 7) is 3.59. The molecule has 4 atom stereocenters. The van der Waals surface area contributed by atoms with Gasteiger partial charge in [0.05, 0.1) is 18.9 Å². The predicted octanol–water partition coefficient (Wildman–Crippen LogP) is 0.953. The lowest BCUT2D eigenvalue weighted by atomic mass is 9.99. The van der Waals surface area contributed by atoms with E-state index in [9.17, 15) is 19.8 Å². The van der Waals surface area contributed by atoms with Gasteiger partial charge in [0.2, 0.25) is 5.75 Å². The second kappa shape index (κ2) is 8.08. The van der Waals surface area contributed by atoms with Crippen LogP contribution in [-0.2, 0) is 4.74 Å². The van der Waals surface area contributed by atoms with Gasteiger partial charge >= 0.3 is 5.69 Å². The molecule has 1 unspecified atom stereocenters. The highest BCUT2D eigenvalue weighted by Gasteiger charge is 2.35. The number of aromatic nitrogens is 2. The minimum Gasteiger partial charge on any atom is -0.478 e. The van der Waals surface area contributed by atoms with E-state index in [1.165, 1.54) is 10.8 Å². The number of hydrogen-bond acceptors (Lipinski definition) is 6. The third-order valence-electron chi connectivity index (χ3n) is 4.62. The monoisotopic (exact) mass is 376 g/mol. The Kier molecular flexibility index (Phi) is 5.79. The fourth-order valence-electron chi connectivity index (χ4n) is 3.18. The normalized spacial score (nSPS) is 23.5. The van der Waals surface area contributed by atoms with Crippen LogP contribution in [-0.4, -0.2) is 38.6 Å². The first kappa shape index (κ1) is 19.3. The van der Waals surface area contributed by atoms with E-state index in [1.54, 1.807) is 0 Å². The van der Waals surface area contributed by atoms with Crippen LogP contribution >= 0.6 is 0 Å². The van der Waals surface area contributed by atoms with Crippen molar-refractivity contribution in [2.24, 2.45) is 5.92 Å². The molecule has 146 valence electrons. The standard InChI is InChI=1S/C19H24N2O6/c1-11(2)17(12-6-4-3-5-7-12)27-14-9-21(19(25)20-18(14)24)16-8-13(23)15(10-22)26-16/h3-7,9,11,13,15-17,22-23H,8,10H2,1-2H3,(H,20,24,25)/t13-,15+,16+,17?/m0/s1. The molecule has 27 heavy (non-hydrogen) atoms. The molecular weight excluding hydrogens is 352 g/mol. The van der Waals surface area contributed by atoms with E-state index in [2.05, 4.69) is 4.98 Å². The average molecular weight is 376 g/mol. The molecule has 1 aliphatic heterocycles. The van der Waals surface area contributed by atoms with Crippen molar-refractivity contribution >= 4 is 0 Å². The lowest BCUT2D eigenvalue weighted by Crippen LogP contribution is -2.33. The van der Waals surface area contributed by atoms with Crippen molar-refractivity contribution in [2.75, 3.05) is 6.61 Å². The molecule has 0 aliphatic carbocycles. The first-order valence-electron chi connectivity index (χ1n) is 8.92. The van der Waals surface area contributed by atoms with Crippen LogP contribution < -0.4 is 16.0 Å². The summed E-state index contributed by atoms with van der Waals surface area (Å²) in [4.78, 5) is 26.7. The van der Waals surface area contributed by atoms with Crippen molar-refractivity contribution in [3.8, 4) is 5.75 Å². The third kappa shape index (κ3) is 4.13. The van der Waals surface area contributed by atoms with Crippen LogP contribution in [0.25, 0.3) is 0 Å². The zero-order valence-corrected chi connectivity index (χ0v) is 15.2. The molecule has 2 aromatic rings. The number of ether oxygens (including phenoxy) is 2. The molecule has 1 aromatic carbocycles. The second-order valence-electron chi connectivity index (χ2n) is 6.97. The minimum absolute atomic E-state index is 0.0114. The van der Waals surface area contributed by atoms with Gasteiger partial charge in [0.25, 0.3) is 5.56 Å². The van der Waals surface area contributed by atoms with E-state index in [1.807, 2.05) is 44.2 Å². The lowest BCUT2D eigenvalue weighted by Gasteiger charge is -2.23. The molecule has 0 bridgehead atoms. The van der Waals surface area contributed by atoms with Crippen molar-refractivity contribution in [2.45, 2.75) is 44.8 Å². The molecule has 0 saturated carbocycles. The quantitative estimate of drug-likeness (QED) is 0.692. The van der Waals surface area contributed by atoms with E-state index in [4.69, 9.17) is 9.47 Å². The lowest BCUT2D eigenvalue weighted by molar-refractivity contribution is -0.0462. The Balaban J connectivity index is 1.92. The van der Waals surface area contributed by atoms with Crippen molar-refractivity contribution in [1.29, 1.82) is 0 Å². The molecule has 1 fully saturated rings. The van der Waals surface area contributed by atoms with Crippen LogP contribution in [0.3, 0.4) is 0 Å². The highest BCUT2D eigenvalue weighted by atomic mass is 16.5. The van der Waals surface area contributed by atoms with Crippen LogP contribution in [0.2, 0.25) is 0 Å². The summed E-state index contributed by atoms with van der Waals surface area (Å²) in [5, 5.41) is 19.1. The van der Waals surface area contributed by atoms with E-state index in [0.29, 0.717) is 0 Å². The number of rotatable bonds is 6. The Labute approximate surface area is 156 Å². The van der Waals surface area contributed by atoms with Gasteiger partial charge in [-0.2, -0.15) is 0 Å². The number of benzene rings is 1. The summed E-state index contributed by atoms with van der Waals surface area (Å²) in [7, 11) is 0. The molecule has 8 nitrogen and oxygen atoms in total. The molecule has 0 amide bonds. The summed E-state index contributed by atoms with van der Waals surface area (Å²) in [6, 6.07) is 9.51. The molecule has 8 heteroatoms. The largest absolute Gasteiger partial charge is 0.478 e. The first-order valence-corrected chi connectivity index (χ1v) is 8.92. The van der Waals surface area contributed by atoms with Gasteiger partial charge in [0, 0.05) is 6.42 Å². The number of H-pyrrole nitrogens is 1.